The fraction of sp³-hybridized carbons (Fsp3) is 0.268. The number of anilines is 4. The highest BCUT2D eigenvalue weighted by molar-refractivity contribution is 7.94. The molecule has 66 heavy (non-hydrogen) atoms. The van der Waals surface area contributed by atoms with Gasteiger partial charge in [0, 0.05) is 48.1 Å². The van der Waals surface area contributed by atoms with E-state index in [1.807, 2.05) is 13.0 Å². The van der Waals surface area contributed by atoms with Gasteiger partial charge < -0.3 is 35.5 Å². The molecular formula is C41H46N12O9S4. The summed E-state index contributed by atoms with van der Waals surface area (Å²) >= 11 is -5.12. The molecule has 2 aromatic heterocycles. The van der Waals surface area contributed by atoms with Gasteiger partial charge >= 0.3 is 0 Å². The fourth-order valence-corrected chi connectivity index (χ4v) is 7.99. The lowest BCUT2D eigenvalue weighted by Crippen LogP contribution is -2.16. The van der Waals surface area contributed by atoms with Crippen molar-refractivity contribution in [2.45, 2.75) is 37.0 Å². The standard InChI is InChI=1S/C41H46N12O9S4/c1-6-15-44-38-32(24-42)26(4)36(40(48-38)46-17-20-65(59,60)7-2)52-50-30-13-11-28(34(22-30)63(55)56)9-10-29-12-14-31(23-35(29)64(57)58)51-53-37-27(5)33(25-43)39(45-16-19-54)49-41(37)47-18-21-66(61,62)8-3/h7-14,22-23,54H,2-3,6,15-21H2,1,4-5H3,(H,55,56)(H,57,58)(H2,44,46,48)(H2,45,47,49)/b10-9+,52-50?,53-51?. The van der Waals surface area contributed by atoms with Crippen molar-refractivity contribution in [3.8, 4) is 12.1 Å². The number of hydrogen-bond acceptors (Lipinski definition) is 19. The van der Waals surface area contributed by atoms with Crippen LogP contribution in [0.25, 0.3) is 12.2 Å². The topological polar surface area (TPSA) is 334 Å². The smallest absolute Gasteiger partial charge is 0.187 e. The first kappa shape index (κ1) is 52.0. The minimum absolute atomic E-state index is 0.0653. The lowest BCUT2D eigenvalue weighted by Gasteiger charge is -2.15. The lowest BCUT2D eigenvalue weighted by atomic mass is 10.1. The van der Waals surface area contributed by atoms with Crippen molar-refractivity contribution >= 4 is 100 Å². The van der Waals surface area contributed by atoms with Crippen LogP contribution in [0.5, 0.6) is 0 Å². The third-order valence-electron chi connectivity index (χ3n) is 9.21. The van der Waals surface area contributed by atoms with Gasteiger partial charge in [-0.15, -0.1) is 10.2 Å². The van der Waals surface area contributed by atoms with Crippen LogP contribution in [0.15, 0.2) is 90.6 Å². The van der Waals surface area contributed by atoms with Gasteiger partial charge in [0.2, 0.25) is 0 Å². The normalized spacial score (nSPS) is 12.7. The van der Waals surface area contributed by atoms with Gasteiger partial charge in [-0.2, -0.15) is 20.8 Å². The van der Waals surface area contributed by atoms with E-state index in [2.05, 4.69) is 70.9 Å². The zero-order chi connectivity index (χ0) is 48.6. The molecule has 0 aliphatic rings. The van der Waals surface area contributed by atoms with Gasteiger partial charge in [-0.05, 0) is 55.7 Å². The lowest BCUT2D eigenvalue weighted by molar-refractivity contribution is 0.311. The van der Waals surface area contributed by atoms with Crippen LogP contribution in [0.2, 0.25) is 0 Å². The Hall–Kier alpha value is -6.58. The molecule has 2 aromatic carbocycles. The van der Waals surface area contributed by atoms with Gasteiger partial charge in [0.1, 0.15) is 35.1 Å². The number of nitriles is 2. The Balaban J connectivity index is 1.69. The molecule has 0 spiro atoms. The van der Waals surface area contributed by atoms with Crippen LogP contribution < -0.4 is 21.3 Å². The Kier molecular flexibility index (Phi) is 19.0. The zero-order valence-electron chi connectivity index (χ0n) is 35.8. The summed E-state index contributed by atoms with van der Waals surface area (Å²) in [4.78, 5) is 8.68. The highest BCUT2D eigenvalue weighted by atomic mass is 32.2. The van der Waals surface area contributed by atoms with Gasteiger partial charge in [0.25, 0.3) is 0 Å². The maximum Gasteiger partial charge on any atom is 0.187 e. The first-order valence-corrected chi connectivity index (χ1v) is 25.2. The third-order valence-corrected chi connectivity index (χ3v) is 13.2. The molecule has 0 saturated carbocycles. The van der Waals surface area contributed by atoms with Crippen molar-refractivity contribution in [3.63, 3.8) is 0 Å². The Morgan fingerprint density at radius 1 is 0.667 bits per heavy atom. The maximum atomic E-state index is 12.6. The summed E-state index contributed by atoms with van der Waals surface area (Å²) in [5.41, 5.74) is 1.89. The molecule has 4 rings (SSSR count). The molecule has 0 saturated heterocycles. The van der Waals surface area contributed by atoms with Crippen LogP contribution in [-0.2, 0) is 41.8 Å². The van der Waals surface area contributed by atoms with E-state index in [9.17, 15) is 50.0 Å². The van der Waals surface area contributed by atoms with Crippen LogP contribution in [0.4, 0.5) is 46.0 Å². The summed E-state index contributed by atoms with van der Waals surface area (Å²) in [5, 5.41) is 59.6. The van der Waals surface area contributed by atoms with Crippen molar-refractivity contribution < 1.29 is 39.5 Å². The number of sulfone groups is 2. The van der Waals surface area contributed by atoms with Gasteiger partial charge in [-0.25, -0.2) is 35.2 Å². The van der Waals surface area contributed by atoms with Crippen molar-refractivity contribution in [1.82, 2.24) is 9.97 Å². The highest BCUT2D eigenvalue weighted by Gasteiger charge is 2.20. The Labute approximate surface area is 387 Å². The molecule has 0 aliphatic heterocycles. The third kappa shape index (κ3) is 14.0. The van der Waals surface area contributed by atoms with E-state index in [0.29, 0.717) is 17.7 Å². The van der Waals surface area contributed by atoms with E-state index >= 15 is 0 Å². The molecule has 2 unspecified atom stereocenters. The molecule has 2 heterocycles. The number of aliphatic hydroxyl groups excluding tert-OH is 1. The fourth-order valence-electron chi connectivity index (χ4n) is 5.76. The van der Waals surface area contributed by atoms with E-state index < -0.39 is 41.8 Å². The summed E-state index contributed by atoms with van der Waals surface area (Å²) in [5.74, 6) is -0.0419. The highest BCUT2D eigenvalue weighted by Crippen LogP contribution is 2.37. The average molecular weight is 979 g/mol. The molecule has 21 nitrogen and oxygen atoms in total. The second-order valence-electron chi connectivity index (χ2n) is 13.7. The summed E-state index contributed by atoms with van der Waals surface area (Å²) < 4.78 is 93.9. The minimum Gasteiger partial charge on any atom is -0.395 e. The van der Waals surface area contributed by atoms with E-state index in [0.717, 1.165) is 17.2 Å². The van der Waals surface area contributed by atoms with Crippen molar-refractivity contribution in [2.75, 3.05) is 65.6 Å². The summed E-state index contributed by atoms with van der Waals surface area (Å²) in [7, 11) is -7.14. The monoisotopic (exact) mass is 978 g/mol. The number of azo groups is 2. The Bertz CT molecular complexity index is 2750. The number of nitrogens with zero attached hydrogens (tertiary/aromatic N) is 8. The van der Waals surface area contributed by atoms with Gasteiger partial charge in [-0.3, -0.25) is 0 Å². The SMILES string of the molecule is C=CS(=O)(=O)CCNc1nc(NCCC)c(C#N)c(C)c1N=Nc1ccc(/C=C/c2ccc(N=Nc3c(NCCS(=O)(=O)C=C)nc(NCCO)c(C#N)c3C)cc2S(=O)O)c(S(=O)O)c1. The van der Waals surface area contributed by atoms with E-state index in [-0.39, 0.29) is 116 Å². The van der Waals surface area contributed by atoms with Crippen LogP contribution in [0, 0.1) is 36.5 Å². The molecule has 7 N–H and O–H groups in total. The molecule has 2 atom stereocenters. The predicted octanol–water partition coefficient (Wildman–Crippen LogP) is 7.17. The molecule has 25 heteroatoms. The zero-order valence-corrected chi connectivity index (χ0v) is 39.1. The van der Waals surface area contributed by atoms with Gasteiger partial charge in [0.05, 0.1) is 50.4 Å². The second kappa shape index (κ2) is 24.1. The van der Waals surface area contributed by atoms with Gasteiger partial charge in [0.15, 0.2) is 53.5 Å². The number of benzene rings is 2. The molecule has 0 radical (unpaired) electrons. The largest absolute Gasteiger partial charge is 0.395 e. The number of nitrogens with one attached hydrogen (secondary N) is 4. The summed E-state index contributed by atoms with van der Waals surface area (Å²) in [6, 6.07) is 12.6. The number of rotatable bonds is 24. The first-order valence-electron chi connectivity index (χ1n) is 19.6. The molecule has 0 aliphatic carbocycles. The molecule has 4 aromatic rings. The van der Waals surface area contributed by atoms with Crippen molar-refractivity contribution in [2.24, 2.45) is 20.5 Å². The van der Waals surface area contributed by atoms with Gasteiger partial charge in [-0.1, -0.05) is 44.4 Å². The summed E-state index contributed by atoms with van der Waals surface area (Å²) in [6.45, 7) is 11.9. The predicted molar refractivity (Wildman–Crippen MR) is 255 cm³/mol. The van der Waals surface area contributed by atoms with E-state index in [4.69, 9.17) is 0 Å². The number of aromatic nitrogens is 2. The number of pyridine rings is 2. The van der Waals surface area contributed by atoms with Crippen molar-refractivity contribution in [1.29, 1.82) is 10.5 Å². The molecule has 348 valence electrons. The summed E-state index contributed by atoms with van der Waals surface area (Å²) in [6.07, 6.45) is 3.62. The van der Waals surface area contributed by atoms with Crippen LogP contribution >= 0.6 is 0 Å². The molecule has 0 fully saturated rings. The Morgan fingerprint density at radius 3 is 1.41 bits per heavy atom. The quantitative estimate of drug-likeness (QED) is 0.0208. The molecule has 0 amide bonds. The molecule has 0 bridgehead atoms. The Morgan fingerprint density at radius 2 is 1.06 bits per heavy atom. The number of aliphatic hydroxyl groups is 1. The van der Waals surface area contributed by atoms with E-state index in [1.165, 1.54) is 48.6 Å². The average Bonchev–Trinajstić information content (AvgIpc) is 3.29. The van der Waals surface area contributed by atoms with Crippen molar-refractivity contribution in [3.05, 3.63) is 93.8 Å². The second-order valence-corrected chi connectivity index (χ2v) is 19.7. The van der Waals surface area contributed by atoms with Crippen LogP contribution in [0.3, 0.4) is 0 Å². The van der Waals surface area contributed by atoms with Crippen LogP contribution in [0.1, 0.15) is 46.7 Å². The first-order chi connectivity index (χ1) is 31.4. The maximum absolute atomic E-state index is 12.6. The molecular weight excluding hydrogens is 933 g/mol. The number of hydrogen-bond donors (Lipinski definition) is 7. The minimum atomic E-state index is -3.58. The van der Waals surface area contributed by atoms with Crippen LogP contribution in [-0.4, -0.2) is 93.7 Å². The van der Waals surface area contributed by atoms with E-state index in [1.54, 1.807) is 13.8 Å².